The summed E-state index contributed by atoms with van der Waals surface area (Å²) in [5.74, 6) is -0.851. The second-order valence-electron chi connectivity index (χ2n) is 4.55. The van der Waals surface area contributed by atoms with Crippen molar-refractivity contribution in [1.29, 1.82) is 0 Å². The van der Waals surface area contributed by atoms with Gasteiger partial charge in [0.05, 0.1) is 3.57 Å². The lowest BCUT2D eigenvalue weighted by atomic mass is 10.2. The maximum Gasteiger partial charge on any atom is 0.446 e. The number of carbonyl (C=O) groups is 1. The molecule has 3 nitrogen and oxygen atoms in total. The highest BCUT2D eigenvalue weighted by Crippen LogP contribution is 2.37. The van der Waals surface area contributed by atoms with E-state index >= 15 is 0 Å². The van der Waals surface area contributed by atoms with Crippen molar-refractivity contribution in [3.05, 3.63) is 54.7 Å². The maximum absolute atomic E-state index is 12.3. The molecule has 2 aromatic rings. The third-order valence-electron chi connectivity index (χ3n) is 2.78. The molecule has 0 aromatic heterocycles. The zero-order valence-electron chi connectivity index (χ0n) is 11.7. The largest absolute Gasteiger partial charge is 0.487 e. The fourth-order valence-electron chi connectivity index (χ4n) is 1.81. The molecule has 9 heteroatoms. The molecule has 0 aliphatic heterocycles. The van der Waals surface area contributed by atoms with Crippen molar-refractivity contribution in [2.24, 2.45) is 0 Å². The number of aromatic carboxylic acids is 1. The Bertz CT molecular complexity index is 749. The zero-order chi connectivity index (χ0) is 17.9. The molecule has 128 valence electrons. The molecule has 0 unspecified atom stereocenters. The van der Waals surface area contributed by atoms with Crippen LogP contribution in [0.3, 0.4) is 0 Å². The quantitative estimate of drug-likeness (QED) is 0.360. The Kier molecular flexibility index (Phi) is 6.65. The maximum atomic E-state index is 12.3. The van der Waals surface area contributed by atoms with Crippen LogP contribution in [-0.2, 0) is 6.61 Å². The molecule has 2 aromatic carbocycles. The Morgan fingerprint density at radius 2 is 1.79 bits per heavy atom. The lowest BCUT2D eigenvalue weighted by Gasteiger charge is -2.12. The van der Waals surface area contributed by atoms with E-state index < -0.39 is 11.5 Å². The van der Waals surface area contributed by atoms with Crippen LogP contribution >= 0.6 is 56.9 Å². The minimum atomic E-state index is -4.33. The summed E-state index contributed by atoms with van der Waals surface area (Å²) in [6.45, 7) is 0.0633. The molecule has 2 rings (SSSR count). The number of halogens is 5. The molecule has 0 bridgehead atoms. The molecule has 0 heterocycles. The second-order valence-corrected chi connectivity index (χ2v) is 8.10. The highest BCUT2D eigenvalue weighted by molar-refractivity contribution is 14.1. The number of benzene rings is 2. The Labute approximate surface area is 167 Å². The number of thioether (sulfide) groups is 1. The van der Waals surface area contributed by atoms with Crippen LogP contribution in [0.25, 0.3) is 0 Å². The molecule has 0 radical (unpaired) electrons. The van der Waals surface area contributed by atoms with E-state index in [2.05, 4.69) is 0 Å². The van der Waals surface area contributed by atoms with Crippen molar-refractivity contribution < 1.29 is 27.8 Å². The van der Waals surface area contributed by atoms with Crippen LogP contribution in [0.5, 0.6) is 5.75 Å². The summed E-state index contributed by atoms with van der Waals surface area (Å²) in [6, 6.07) is 9.04. The molecule has 0 amide bonds. The van der Waals surface area contributed by atoms with Gasteiger partial charge in [0.2, 0.25) is 0 Å². The molecule has 1 N–H and O–H groups in total. The van der Waals surface area contributed by atoms with Crippen LogP contribution < -0.4 is 4.74 Å². The van der Waals surface area contributed by atoms with E-state index in [-0.39, 0.29) is 34.6 Å². The van der Waals surface area contributed by atoms with Crippen LogP contribution in [0.15, 0.2) is 41.3 Å². The summed E-state index contributed by atoms with van der Waals surface area (Å²) in [5.41, 5.74) is -3.63. The molecule has 0 fully saturated rings. The molecule has 0 spiro atoms. The molecule has 0 aliphatic rings. The van der Waals surface area contributed by atoms with Gasteiger partial charge in [-0.15, -0.1) is 0 Å². The predicted octanol–water partition coefficient (Wildman–Crippen LogP) is 5.78. The van der Waals surface area contributed by atoms with Crippen molar-refractivity contribution in [1.82, 2.24) is 0 Å². The van der Waals surface area contributed by atoms with Gasteiger partial charge in [-0.2, -0.15) is 13.2 Å². The van der Waals surface area contributed by atoms with Crippen LogP contribution in [-0.4, -0.2) is 16.6 Å². The summed E-state index contributed by atoms with van der Waals surface area (Å²) in [4.78, 5) is 11.4. The van der Waals surface area contributed by atoms with Crippen molar-refractivity contribution in [3.8, 4) is 5.75 Å². The van der Waals surface area contributed by atoms with Crippen LogP contribution in [0.4, 0.5) is 13.2 Å². The molecule has 0 saturated carbocycles. The molecular formula is C15H9F3I2O3S. The Balaban J connectivity index is 2.13. The van der Waals surface area contributed by atoms with Crippen molar-refractivity contribution in [3.63, 3.8) is 0 Å². The van der Waals surface area contributed by atoms with Crippen LogP contribution in [0.2, 0.25) is 0 Å². The van der Waals surface area contributed by atoms with Gasteiger partial charge in [-0.05, 0) is 86.8 Å². The van der Waals surface area contributed by atoms with E-state index in [1.807, 2.05) is 45.2 Å². The van der Waals surface area contributed by atoms with Gasteiger partial charge in [0.15, 0.2) is 0 Å². The lowest BCUT2D eigenvalue weighted by molar-refractivity contribution is -0.0328. The summed E-state index contributed by atoms with van der Waals surface area (Å²) in [7, 11) is 0. The van der Waals surface area contributed by atoms with E-state index in [0.29, 0.717) is 9.13 Å². The molecule has 0 atom stereocenters. The SMILES string of the molecule is O=C(O)c1cc(I)cc(I)c1OCc1ccc(SC(F)(F)F)cc1. The third-order valence-corrected chi connectivity index (χ3v) is 4.94. The lowest BCUT2D eigenvalue weighted by Crippen LogP contribution is -2.06. The van der Waals surface area contributed by atoms with Gasteiger partial charge in [-0.3, -0.25) is 0 Å². The Hall–Kier alpha value is -0.690. The highest BCUT2D eigenvalue weighted by atomic mass is 127. The number of carboxylic acids is 1. The monoisotopic (exact) mass is 580 g/mol. The van der Waals surface area contributed by atoms with E-state index in [0.717, 1.165) is 3.57 Å². The normalized spacial score (nSPS) is 11.4. The van der Waals surface area contributed by atoms with Gasteiger partial charge in [0.1, 0.15) is 17.9 Å². The summed E-state index contributed by atoms with van der Waals surface area (Å²) >= 11 is 3.82. The number of alkyl halides is 3. The summed E-state index contributed by atoms with van der Waals surface area (Å²) < 4.78 is 43.9. The first-order valence-corrected chi connectivity index (χ1v) is 9.33. The number of carboxylic acid groups (broad SMARTS) is 1. The van der Waals surface area contributed by atoms with Gasteiger partial charge >= 0.3 is 11.5 Å². The highest BCUT2D eigenvalue weighted by Gasteiger charge is 2.29. The minimum Gasteiger partial charge on any atom is -0.487 e. The van der Waals surface area contributed by atoms with Gasteiger partial charge in [0, 0.05) is 8.47 Å². The fraction of sp³-hybridized carbons (Fsp3) is 0.133. The van der Waals surface area contributed by atoms with Crippen LogP contribution in [0, 0.1) is 7.14 Å². The van der Waals surface area contributed by atoms with Crippen molar-refractivity contribution >= 4 is 62.9 Å². The smallest absolute Gasteiger partial charge is 0.446 e. The first kappa shape index (κ1) is 19.6. The Morgan fingerprint density at radius 1 is 1.17 bits per heavy atom. The van der Waals surface area contributed by atoms with E-state index in [1.54, 1.807) is 6.07 Å². The third kappa shape index (κ3) is 5.69. The standard InChI is InChI=1S/C15H9F3I2O3S/c16-15(17,18)24-10-3-1-8(2-4-10)7-23-13-11(14(21)22)5-9(19)6-12(13)20/h1-6H,7H2,(H,21,22). The summed E-state index contributed by atoms with van der Waals surface area (Å²) in [6.07, 6.45) is 0. The zero-order valence-corrected chi connectivity index (χ0v) is 16.9. The van der Waals surface area contributed by atoms with Crippen molar-refractivity contribution in [2.75, 3.05) is 0 Å². The van der Waals surface area contributed by atoms with Gasteiger partial charge in [-0.1, -0.05) is 12.1 Å². The molecular weight excluding hydrogens is 571 g/mol. The number of ether oxygens (including phenoxy) is 1. The number of hydrogen-bond donors (Lipinski definition) is 1. The van der Waals surface area contributed by atoms with E-state index in [4.69, 9.17) is 4.74 Å². The van der Waals surface area contributed by atoms with Gasteiger partial charge < -0.3 is 9.84 Å². The first-order chi connectivity index (χ1) is 11.2. The minimum absolute atomic E-state index is 0.0514. The molecule has 0 aliphatic carbocycles. The predicted molar refractivity (Wildman–Crippen MR) is 102 cm³/mol. The number of rotatable bonds is 5. The summed E-state index contributed by atoms with van der Waals surface area (Å²) in [5, 5.41) is 9.26. The van der Waals surface area contributed by atoms with Gasteiger partial charge in [0.25, 0.3) is 0 Å². The fourth-order valence-corrected chi connectivity index (χ4v) is 4.35. The molecule has 24 heavy (non-hydrogen) atoms. The van der Waals surface area contributed by atoms with Crippen LogP contribution in [0.1, 0.15) is 15.9 Å². The van der Waals surface area contributed by atoms with E-state index in [9.17, 15) is 23.1 Å². The Morgan fingerprint density at radius 3 is 2.33 bits per heavy atom. The average molecular weight is 580 g/mol. The average Bonchev–Trinajstić information content (AvgIpc) is 2.45. The number of hydrogen-bond acceptors (Lipinski definition) is 3. The van der Waals surface area contributed by atoms with E-state index in [1.165, 1.54) is 30.3 Å². The first-order valence-electron chi connectivity index (χ1n) is 6.35. The van der Waals surface area contributed by atoms with Gasteiger partial charge in [-0.25, -0.2) is 4.79 Å². The molecule has 0 saturated heterocycles. The second kappa shape index (κ2) is 8.13. The topological polar surface area (TPSA) is 46.5 Å². The van der Waals surface area contributed by atoms with Crippen molar-refractivity contribution in [2.45, 2.75) is 17.0 Å².